The molecule has 0 bridgehead atoms. The van der Waals surface area contributed by atoms with Gasteiger partial charge in [0.25, 0.3) is 10.0 Å². The summed E-state index contributed by atoms with van der Waals surface area (Å²) in [6.07, 6.45) is -4.78. The highest BCUT2D eigenvalue weighted by atomic mass is 35.5. The molecule has 0 aliphatic heterocycles. The third-order valence-electron chi connectivity index (χ3n) is 4.54. The third kappa shape index (κ3) is 5.77. The van der Waals surface area contributed by atoms with Gasteiger partial charge in [0.15, 0.2) is 0 Å². The molecule has 0 fully saturated rings. The number of ether oxygens (including phenoxy) is 1. The minimum Gasteiger partial charge on any atom is -0.497 e. The number of hydrogen-bond acceptors (Lipinski definition) is 4. The van der Waals surface area contributed by atoms with Crippen molar-refractivity contribution in [1.29, 1.82) is 0 Å². The highest BCUT2D eigenvalue weighted by Crippen LogP contribution is 2.36. The molecular formula is C22H18ClF3N2O4S. The van der Waals surface area contributed by atoms with Crippen LogP contribution in [0, 0.1) is 0 Å². The zero-order chi connectivity index (χ0) is 24.2. The molecule has 0 heterocycles. The Labute approximate surface area is 193 Å². The summed E-state index contributed by atoms with van der Waals surface area (Å²) in [6.45, 7) is -0.766. The number of carbonyl (C=O) groups is 1. The van der Waals surface area contributed by atoms with Gasteiger partial charge in [0.2, 0.25) is 5.91 Å². The van der Waals surface area contributed by atoms with Crippen molar-refractivity contribution >= 4 is 38.9 Å². The van der Waals surface area contributed by atoms with Gasteiger partial charge >= 0.3 is 6.18 Å². The van der Waals surface area contributed by atoms with Crippen molar-refractivity contribution in [3.63, 3.8) is 0 Å². The fourth-order valence-corrected chi connectivity index (χ4v) is 4.56. The maximum atomic E-state index is 13.4. The van der Waals surface area contributed by atoms with Gasteiger partial charge in [-0.3, -0.25) is 9.10 Å². The van der Waals surface area contributed by atoms with Crippen molar-refractivity contribution in [1.82, 2.24) is 0 Å². The molecule has 1 N–H and O–H groups in total. The molecule has 3 aromatic rings. The minimum atomic E-state index is -4.78. The molecule has 3 aromatic carbocycles. The number of sulfonamides is 1. The van der Waals surface area contributed by atoms with Gasteiger partial charge in [-0.15, -0.1) is 0 Å². The Bertz CT molecular complexity index is 1230. The first kappa shape index (κ1) is 24.4. The molecular weight excluding hydrogens is 481 g/mol. The zero-order valence-corrected chi connectivity index (χ0v) is 18.7. The molecule has 174 valence electrons. The Kier molecular flexibility index (Phi) is 7.19. The van der Waals surface area contributed by atoms with Crippen molar-refractivity contribution in [2.75, 3.05) is 23.3 Å². The van der Waals surface area contributed by atoms with E-state index in [0.29, 0.717) is 11.8 Å². The Morgan fingerprint density at radius 1 is 1.03 bits per heavy atom. The third-order valence-corrected chi connectivity index (χ3v) is 6.56. The van der Waals surface area contributed by atoms with Crippen LogP contribution in [-0.2, 0) is 21.0 Å². The van der Waals surface area contributed by atoms with Crippen molar-refractivity contribution in [2.24, 2.45) is 0 Å². The number of halogens is 4. The van der Waals surface area contributed by atoms with Gasteiger partial charge in [-0.05, 0) is 54.6 Å². The molecule has 0 atom stereocenters. The number of para-hydroxylation sites is 1. The largest absolute Gasteiger partial charge is 0.497 e. The van der Waals surface area contributed by atoms with Crippen molar-refractivity contribution < 1.29 is 31.1 Å². The second-order valence-electron chi connectivity index (χ2n) is 6.76. The van der Waals surface area contributed by atoms with E-state index >= 15 is 0 Å². The molecule has 3 rings (SSSR count). The number of alkyl halides is 3. The SMILES string of the molecule is COc1ccc(S(=O)(=O)N(CC(=O)Nc2ccc(Cl)cc2C(F)(F)F)c2ccccc2)cc1. The number of rotatable bonds is 7. The van der Waals surface area contributed by atoms with Gasteiger partial charge in [0, 0.05) is 5.02 Å². The van der Waals surface area contributed by atoms with Crippen molar-refractivity contribution in [3.8, 4) is 5.75 Å². The topological polar surface area (TPSA) is 75.7 Å². The molecule has 0 saturated heterocycles. The lowest BCUT2D eigenvalue weighted by Gasteiger charge is -2.24. The lowest BCUT2D eigenvalue weighted by molar-refractivity contribution is -0.137. The fraction of sp³-hybridized carbons (Fsp3) is 0.136. The Morgan fingerprint density at radius 3 is 2.24 bits per heavy atom. The second-order valence-corrected chi connectivity index (χ2v) is 9.06. The van der Waals surface area contributed by atoms with Crippen LogP contribution in [0.15, 0.2) is 77.7 Å². The first-order valence-corrected chi connectivity index (χ1v) is 11.2. The molecule has 0 aromatic heterocycles. The molecule has 0 aliphatic carbocycles. The van der Waals surface area contributed by atoms with Gasteiger partial charge in [-0.2, -0.15) is 13.2 Å². The normalized spacial score (nSPS) is 11.7. The Hall–Kier alpha value is -3.24. The highest BCUT2D eigenvalue weighted by molar-refractivity contribution is 7.92. The fourth-order valence-electron chi connectivity index (χ4n) is 2.96. The molecule has 0 spiro atoms. The molecule has 11 heteroatoms. The summed E-state index contributed by atoms with van der Waals surface area (Å²) in [7, 11) is -2.81. The van der Waals surface area contributed by atoms with Crippen LogP contribution in [0.5, 0.6) is 5.75 Å². The quantitative estimate of drug-likeness (QED) is 0.486. The van der Waals surface area contributed by atoms with Crippen LogP contribution in [0.25, 0.3) is 0 Å². The van der Waals surface area contributed by atoms with Crippen LogP contribution >= 0.6 is 11.6 Å². The van der Waals surface area contributed by atoms with Crippen LogP contribution in [0.3, 0.4) is 0 Å². The van der Waals surface area contributed by atoms with Crippen molar-refractivity contribution in [2.45, 2.75) is 11.1 Å². The Morgan fingerprint density at radius 2 is 1.67 bits per heavy atom. The van der Waals surface area contributed by atoms with Gasteiger partial charge < -0.3 is 10.1 Å². The lowest BCUT2D eigenvalue weighted by atomic mass is 10.1. The summed E-state index contributed by atoms with van der Waals surface area (Å²) in [5, 5.41) is 1.98. The van der Waals surface area contributed by atoms with E-state index in [1.54, 1.807) is 18.2 Å². The number of hydrogen-bond donors (Lipinski definition) is 1. The second kappa shape index (κ2) is 9.72. The summed E-state index contributed by atoms with van der Waals surface area (Å²) in [5.74, 6) is -0.538. The number of amides is 1. The predicted octanol–water partition coefficient (Wildman–Crippen LogP) is 5.20. The van der Waals surface area contributed by atoms with Crippen LogP contribution in [0.1, 0.15) is 5.56 Å². The van der Waals surface area contributed by atoms with E-state index in [0.717, 1.165) is 10.4 Å². The Balaban J connectivity index is 1.95. The maximum Gasteiger partial charge on any atom is 0.418 e. The van der Waals surface area contributed by atoms with Crippen LogP contribution in [0.2, 0.25) is 5.02 Å². The number of anilines is 2. The van der Waals surface area contributed by atoms with E-state index < -0.39 is 39.9 Å². The summed E-state index contributed by atoms with van der Waals surface area (Å²) in [5.41, 5.74) is -1.52. The maximum absolute atomic E-state index is 13.4. The summed E-state index contributed by atoms with van der Waals surface area (Å²) >= 11 is 5.66. The number of methoxy groups -OCH3 is 1. The molecule has 1 amide bonds. The number of nitrogens with one attached hydrogen (secondary N) is 1. The lowest BCUT2D eigenvalue weighted by Crippen LogP contribution is -2.38. The highest BCUT2D eigenvalue weighted by Gasteiger charge is 2.35. The van der Waals surface area contributed by atoms with E-state index in [-0.39, 0.29) is 15.6 Å². The van der Waals surface area contributed by atoms with E-state index in [9.17, 15) is 26.4 Å². The van der Waals surface area contributed by atoms with E-state index in [2.05, 4.69) is 5.32 Å². The molecule has 0 radical (unpaired) electrons. The zero-order valence-electron chi connectivity index (χ0n) is 17.1. The summed E-state index contributed by atoms with van der Waals surface area (Å²) < 4.78 is 72.5. The van der Waals surface area contributed by atoms with Gasteiger partial charge in [-0.1, -0.05) is 29.8 Å². The van der Waals surface area contributed by atoms with Crippen LogP contribution in [-0.4, -0.2) is 28.0 Å². The molecule has 0 aliphatic rings. The van der Waals surface area contributed by atoms with E-state index in [1.807, 2.05) is 0 Å². The average molecular weight is 499 g/mol. The monoisotopic (exact) mass is 498 g/mol. The summed E-state index contributed by atoms with van der Waals surface area (Å²) in [4.78, 5) is 12.6. The minimum absolute atomic E-state index is 0.123. The van der Waals surface area contributed by atoms with Gasteiger partial charge in [0.05, 0.1) is 28.9 Å². The molecule has 0 saturated carbocycles. The molecule has 33 heavy (non-hydrogen) atoms. The smallest absolute Gasteiger partial charge is 0.418 e. The first-order chi connectivity index (χ1) is 15.5. The average Bonchev–Trinajstić information content (AvgIpc) is 2.78. The molecule has 6 nitrogen and oxygen atoms in total. The van der Waals surface area contributed by atoms with E-state index in [4.69, 9.17) is 16.3 Å². The van der Waals surface area contributed by atoms with Gasteiger partial charge in [-0.25, -0.2) is 8.42 Å². The van der Waals surface area contributed by atoms with E-state index in [1.165, 1.54) is 49.6 Å². The standard InChI is InChI=1S/C22H18ClF3N2O4S/c1-32-17-8-10-18(11-9-17)33(30,31)28(16-5-3-2-4-6-16)14-21(29)27-20-12-7-15(23)13-19(20)22(24,25)26/h2-13H,14H2,1H3,(H,27,29). The number of benzene rings is 3. The predicted molar refractivity (Wildman–Crippen MR) is 119 cm³/mol. The first-order valence-electron chi connectivity index (χ1n) is 9.41. The van der Waals surface area contributed by atoms with Crippen molar-refractivity contribution in [3.05, 3.63) is 83.4 Å². The number of nitrogens with zero attached hydrogens (tertiary/aromatic N) is 1. The van der Waals surface area contributed by atoms with Crippen LogP contribution in [0.4, 0.5) is 24.5 Å². The molecule has 0 unspecified atom stereocenters. The number of carbonyl (C=O) groups excluding carboxylic acids is 1. The summed E-state index contributed by atoms with van der Waals surface area (Å²) in [6, 6.07) is 16.1. The van der Waals surface area contributed by atoms with Crippen LogP contribution < -0.4 is 14.4 Å². The van der Waals surface area contributed by atoms with Gasteiger partial charge in [0.1, 0.15) is 12.3 Å².